The number of rotatable bonds is 5. The van der Waals surface area contributed by atoms with Crippen molar-refractivity contribution in [1.82, 2.24) is 9.97 Å². The number of hydrogen-bond acceptors (Lipinski definition) is 5. The molecule has 0 radical (unpaired) electrons. The van der Waals surface area contributed by atoms with Crippen molar-refractivity contribution in [1.29, 1.82) is 0 Å². The summed E-state index contributed by atoms with van der Waals surface area (Å²) in [6, 6.07) is 0. The second kappa shape index (κ2) is 6.27. The lowest BCUT2D eigenvalue weighted by Gasteiger charge is -2.14. The molecule has 1 aliphatic heterocycles. The molecule has 3 N–H and O–H groups in total. The molecule has 4 nitrogen and oxygen atoms in total. The van der Waals surface area contributed by atoms with Crippen LogP contribution in [0.4, 0.5) is 11.6 Å². The van der Waals surface area contributed by atoms with Crippen LogP contribution in [0.25, 0.3) is 0 Å². The van der Waals surface area contributed by atoms with Gasteiger partial charge in [-0.2, -0.15) is 11.8 Å². The van der Waals surface area contributed by atoms with Crippen LogP contribution >= 0.6 is 11.8 Å². The quantitative estimate of drug-likeness (QED) is 0.857. The number of nitrogens with two attached hydrogens (primary N) is 1. The number of aryl methyl sites for hydroxylation is 1. The van der Waals surface area contributed by atoms with Crippen LogP contribution in [-0.4, -0.2) is 27.5 Å². The van der Waals surface area contributed by atoms with Gasteiger partial charge in [0.05, 0.1) is 0 Å². The molecule has 18 heavy (non-hydrogen) atoms. The fourth-order valence-corrected chi connectivity index (χ4v) is 3.31. The highest BCUT2D eigenvalue weighted by Gasteiger charge is 2.16. The summed E-state index contributed by atoms with van der Waals surface area (Å²) in [4.78, 5) is 8.90. The largest absolute Gasteiger partial charge is 0.383 e. The topological polar surface area (TPSA) is 63.8 Å². The smallest absolute Gasteiger partial charge is 0.134 e. The van der Waals surface area contributed by atoms with E-state index >= 15 is 0 Å². The van der Waals surface area contributed by atoms with Crippen LogP contribution in [0, 0.1) is 6.92 Å². The zero-order valence-corrected chi connectivity index (χ0v) is 12.0. The molecule has 100 valence electrons. The van der Waals surface area contributed by atoms with Gasteiger partial charge in [0.15, 0.2) is 0 Å². The number of hydrogen-bond donors (Lipinski definition) is 2. The minimum Gasteiger partial charge on any atom is -0.383 e. The summed E-state index contributed by atoms with van der Waals surface area (Å²) in [5.74, 6) is 3.66. The summed E-state index contributed by atoms with van der Waals surface area (Å²) in [7, 11) is 0. The fraction of sp³-hybridized carbons (Fsp3) is 0.692. The second-order valence-corrected chi connectivity index (χ2v) is 6.17. The first-order valence-corrected chi connectivity index (χ1v) is 7.74. The van der Waals surface area contributed by atoms with Gasteiger partial charge in [0.1, 0.15) is 17.5 Å². The van der Waals surface area contributed by atoms with E-state index in [0.29, 0.717) is 5.82 Å². The van der Waals surface area contributed by atoms with Gasteiger partial charge in [-0.15, -0.1) is 0 Å². The Kier molecular flexibility index (Phi) is 4.69. The molecular weight excluding hydrogens is 244 g/mol. The first kappa shape index (κ1) is 13.5. The first-order chi connectivity index (χ1) is 8.70. The maximum Gasteiger partial charge on any atom is 0.134 e. The molecule has 1 aliphatic rings. The molecule has 0 aromatic carbocycles. The van der Waals surface area contributed by atoms with E-state index in [2.05, 4.69) is 22.2 Å². The number of nitrogen functional groups attached to an aromatic ring is 1. The maximum absolute atomic E-state index is 5.94. The molecule has 1 saturated heterocycles. The van der Waals surface area contributed by atoms with E-state index in [0.717, 1.165) is 41.8 Å². The van der Waals surface area contributed by atoms with Crippen LogP contribution in [0.15, 0.2) is 0 Å². The number of anilines is 2. The zero-order chi connectivity index (χ0) is 13.0. The van der Waals surface area contributed by atoms with Crippen molar-refractivity contribution in [2.24, 2.45) is 0 Å². The van der Waals surface area contributed by atoms with E-state index in [1.807, 2.05) is 18.7 Å². The predicted octanol–water partition coefficient (Wildman–Crippen LogP) is 2.63. The SMILES string of the molecule is CCCc1nc(N)c(C)c(NCC2CCCS2)n1. The predicted molar refractivity (Wildman–Crippen MR) is 79.1 cm³/mol. The average molecular weight is 266 g/mol. The van der Waals surface area contributed by atoms with Crippen LogP contribution in [-0.2, 0) is 6.42 Å². The van der Waals surface area contributed by atoms with Gasteiger partial charge in [-0.05, 0) is 31.9 Å². The number of thioether (sulfide) groups is 1. The summed E-state index contributed by atoms with van der Waals surface area (Å²) in [6.07, 6.45) is 4.57. The number of nitrogens with zero attached hydrogens (tertiary/aromatic N) is 2. The van der Waals surface area contributed by atoms with Gasteiger partial charge in [0, 0.05) is 23.8 Å². The molecule has 1 fully saturated rings. The lowest BCUT2D eigenvalue weighted by molar-refractivity contribution is 0.796. The zero-order valence-electron chi connectivity index (χ0n) is 11.2. The van der Waals surface area contributed by atoms with E-state index in [9.17, 15) is 0 Å². The second-order valence-electron chi connectivity index (χ2n) is 4.76. The highest BCUT2D eigenvalue weighted by Crippen LogP contribution is 2.27. The van der Waals surface area contributed by atoms with Gasteiger partial charge in [0.25, 0.3) is 0 Å². The molecule has 0 amide bonds. The van der Waals surface area contributed by atoms with E-state index in [1.165, 1.54) is 18.6 Å². The molecule has 2 rings (SSSR count). The molecule has 5 heteroatoms. The third-order valence-corrected chi connectivity index (χ3v) is 4.62. The van der Waals surface area contributed by atoms with Crippen molar-refractivity contribution in [2.75, 3.05) is 23.3 Å². The van der Waals surface area contributed by atoms with Crippen LogP contribution < -0.4 is 11.1 Å². The monoisotopic (exact) mass is 266 g/mol. The third kappa shape index (κ3) is 3.28. The Balaban J connectivity index is 2.05. The molecule has 1 aromatic rings. The molecule has 0 spiro atoms. The van der Waals surface area contributed by atoms with Crippen LogP contribution in [0.1, 0.15) is 37.6 Å². The van der Waals surface area contributed by atoms with Crippen molar-refractivity contribution in [3.8, 4) is 0 Å². The average Bonchev–Trinajstić information content (AvgIpc) is 2.85. The van der Waals surface area contributed by atoms with E-state index < -0.39 is 0 Å². The van der Waals surface area contributed by atoms with Gasteiger partial charge < -0.3 is 11.1 Å². The minimum absolute atomic E-state index is 0.607. The van der Waals surface area contributed by atoms with Gasteiger partial charge in [-0.25, -0.2) is 9.97 Å². The Morgan fingerprint density at radius 1 is 1.44 bits per heavy atom. The van der Waals surface area contributed by atoms with Crippen LogP contribution in [0.2, 0.25) is 0 Å². The standard InChI is InChI=1S/C13H22N4S/c1-3-5-11-16-12(14)9(2)13(17-11)15-8-10-6-4-7-18-10/h10H,3-8H2,1-2H3,(H3,14,15,16,17). The van der Waals surface area contributed by atoms with E-state index in [-0.39, 0.29) is 0 Å². The van der Waals surface area contributed by atoms with Crippen molar-refractivity contribution in [3.63, 3.8) is 0 Å². The number of nitrogens with one attached hydrogen (secondary N) is 1. The van der Waals surface area contributed by atoms with Crippen molar-refractivity contribution in [3.05, 3.63) is 11.4 Å². The minimum atomic E-state index is 0.607. The van der Waals surface area contributed by atoms with Crippen molar-refractivity contribution >= 4 is 23.4 Å². The summed E-state index contributed by atoms with van der Waals surface area (Å²) < 4.78 is 0. The first-order valence-electron chi connectivity index (χ1n) is 6.69. The van der Waals surface area contributed by atoms with Gasteiger partial charge in [0.2, 0.25) is 0 Å². The highest BCUT2D eigenvalue weighted by atomic mass is 32.2. The Hall–Kier alpha value is -0.970. The third-order valence-electron chi connectivity index (χ3n) is 3.22. The summed E-state index contributed by atoms with van der Waals surface area (Å²) >= 11 is 2.05. The highest BCUT2D eigenvalue weighted by molar-refractivity contribution is 8.00. The summed E-state index contributed by atoms with van der Waals surface area (Å²) in [6.45, 7) is 5.09. The lowest BCUT2D eigenvalue weighted by Crippen LogP contribution is -2.17. The van der Waals surface area contributed by atoms with Gasteiger partial charge in [-0.3, -0.25) is 0 Å². The molecule has 1 atom stereocenters. The lowest BCUT2D eigenvalue weighted by atomic mass is 10.2. The van der Waals surface area contributed by atoms with Crippen LogP contribution in [0.3, 0.4) is 0 Å². The van der Waals surface area contributed by atoms with E-state index in [4.69, 9.17) is 5.73 Å². The maximum atomic E-state index is 5.94. The summed E-state index contributed by atoms with van der Waals surface area (Å²) in [5.41, 5.74) is 6.91. The molecule has 1 aromatic heterocycles. The summed E-state index contributed by atoms with van der Waals surface area (Å²) in [5, 5.41) is 4.16. The molecule has 0 bridgehead atoms. The Bertz CT molecular complexity index is 402. The van der Waals surface area contributed by atoms with Gasteiger partial charge >= 0.3 is 0 Å². The van der Waals surface area contributed by atoms with Crippen LogP contribution in [0.5, 0.6) is 0 Å². The van der Waals surface area contributed by atoms with Gasteiger partial charge in [-0.1, -0.05) is 6.92 Å². The number of aromatic nitrogens is 2. The molecule has 0 saturated carbocycles. The molecule has 1 unspecified atom stereocenters. The van der Waals surface area contributed by atoms with Crippen molar-refractivity contribution in [2.45, 2.75) is 44.8 Å². The Labute approximate surface area is 113 Å². The fourth-order valence-electron chi connectivity index (χ4n) is 2.11. The normalized spacial score (nSPS) is 19.1. The Morgan fingerprint density at radius 2 is 2.28 bits per heavy atom. The van der Waals surface area contributed by atoms with E-state index in [1.54, 1.807) is 0 Å². The molecule has 2 heterocycles. The van der Waals surface area contributed by atoms with Crippen molar-refractivity contribution < 1.29 is 0 Å². The molecular formula is C13H22N4S. The molecule has 0 aliphatic carbocycles. The Morgan fingerprint density at radius 3 is 2.94 bits per heavy atom.